The number of urea groups is 1. The number of benzene rings is 4. The van der Waals surface area contributed by atoms with Crippen LogP contribution >= 0.6 is 0 Å². The van der Waals surface area contributed by atoms with E-state index in [2.05, 4.69) is 10.0 Å². The highest BCUT2D eigenvalue weighted by Gasteiger charge is 2.52. The van der Waals surface area contributed by atoms with Crippen LogP contribution in [0.1, 0.15) is 30.5 Å². The molecule has 244 valence electrons. The van der Waals surface area contributed by atoms with E-state index < -0.39 is 23.5 Å². The first-order valence-corrected chi connectivity index (χ1v) is 16.7. The molecule has 0 saturated carbocycles. The Morgan fingerprint density at radius 1 is 0.936 bits per heavy atom. The van der Waals surface area contributed by atoms with E-state index in [1.54, 1.807) is 44.1 Å². The summed E-state index contributed by atoms with van der Waals surface area (Å²) < 4.78 is 22.8. The Hall–Kier alpha value is -4.78. The summed E-state index contributed by atoms with van der Waals surface area (Å²) in [6.07, 6.45) is -0.325. The molecule has 0 aliphatic carbocycles. The number of amides is 4. The van der Waals surface area contributed by atoms with Crippen LogP contribution in [0, 0.1) is 0 Å². The van der Waals surface area contributed by atoms with Gasteiger partial charge in [0.2, 0.25) is 11.8 Å². The van der Waals surface area contributed by atoms with Gasteiger partial charge in [0.1, 0.15) is 12.2 Å². The molecule has 2 heterocycles. The predicted octanol–water partition coefficient (Wildman–Crippen LogP) is 4.35. The Morgan fingerprint density at radius 3 is 2.36 bits per heavy atom. The molecular formula is C35H38N6O5S. The number of nitrogens with zero attached hydrogens (tertiary/aromatic N) is 4. The molecule has 2 saturated heterocycles. The number of carbonyl (C=O) groups is 3. The quantitative estimate of drug-likeness (QED) is 0.219. The van der Waals surface area contributed by atoms with Crippen molar-refractivity contribution in [2.75, 3.05) is 17.8 Å². The highest BCUT2D eigenvalue weighted by Crippen LogP contribution is 2.32. The van der Waals surface area contributed by atoms with Gasteiger partial charge in [-0.25, -0.2) is 9.00 Å². The molecular weight excluding hydrogens is 616 g/mol. The molecule has 1 unspecified atom stereocenters. The first-order valence-electron chi connectivity index (χ1n) is 15.6. The van der Waals surface area contributed by atoms with Crippen molar-refractivity contribution in [2.45, 2.75) is 51.6 Å². The van der Waals surface area contributed by atoms with Gasteiger partial charge in [-0.2, -0.15) is 5.01 Å². The van der Waals surface area contributed by atoms with Crippen LogP contribution in [0.3, 0.4) is 0 Å². The van der Waals surface area contributed by atoms with E-state index in [1.165, 1.54) is 0 Å². The zero-order valence-corrected chi connectivity index (χ0v) is 27.1. The molecule has 0 aromatic heterocycles. The number of rotatable bonds is 10. The maximum atomic E-state index is 14.3. The fourth-order valence-electron chi connectivity index (χ4n) is 6.54. The highest BCUT2D eigenvalue weighted by atomic mass is 32.2. The van der Waals surface area contributed by atoms with Gasteiger partial charge >= 0.3 is 6.03 Å². The van der Waals surface area contributed by atoms with Crippen LogP contribution in [0.4, 0.5) is 10.5 Å². The van der Waals surface area contributed by atoms with E-state index in [9.17, 15) is 23.1 Å². The minimum absolute atomic E-state index is 0.0430. The Labute approximate surface area is 276 Å². The Balaban J connectivity index is 1.32. The van der Waals surface area contributed by atoms with Crippen molar-refractivity contribution in [1.82, 2.24) is 25.1 Å². The average molecular weight is 655 g/mol. The minimum Gasteiger partial charge on any atom is -0.333 e. The van der Waals surface area contributed by atoms with E-state index in [0.29, 0.717) is 18.8 Å². The Morgan fingerprint density at radius 2 is 1.64 bits per heavy atom. The molecule has 0 bridgehead atoms. The van der Waals surface area contributed by atoms with E-state index in [-0.39, 0.29) is 43.4 Å². The number of nitrogens with one attached hydrogen (secondary N) is 2. The molecule has 47 heavy (non-hydrogen) atoms. The maximum absolute atomic E-state index is 14.3. The molecule has 2 aliphatic rings. The van der Waals surface area contributed by atoms with Crippen LogP contribution in [0.15, 0.2) is 97.1 Å². The monoisotopic (exact) mass is 654 g/mol. The molecule has 3 atom stereocenters. The predicted molar refractivity (Wildman–Crippen MR) is 181 cm³/mol. The van der Waals surface area contributed by atoms with Gasteiger partial charge in [-0.3, -0.25) is 23.9 Å². The van der Waals surface area contributed by atoms with Gasteiger partial charge in [-0.1, -0.05) is 84.9 Å². The van der Waals surface area contributed by atoms with Gasteiger partial charge in [0.05, 0.1) is 13.1 Å². The number of anilines is 1. The summed E-state index contributed by atoms with van der Waals surface area (Å²) in [7, 11) is 0. The fourth-order valence-corrected chi connectivity index (χ4v) is 6.87. The van der Waals surface area contributed by atoms with Crippen LogP contribution in [0.5, 0.6) is 0 Å². The minimum atomic E-state index is -2.21. The third kappa shape index (κ3) is 6.99. The lowest BCUT2D eigenvalue weighted by atomic mass is 9.99. The SMILES string of the molecule is CC(C)N(C(=O)NCc1ccccc1)N1CC(=O)N2[C@@H](Cc3ccc(NS(=O)O)cc3)C(=O)N(Cc3cccc4ccccc34)C[C@@H]21. The number of carbonyl (C=O) groups excluding carboxylic acids is 3. The third-order valence-electron chi connectivity index (χ3n) is 8.66. The van der Waals surface area contributed by atoms with Crippen LogP contribution in [0.2, 0.25) is 0 Å². The fraction of sp³-hybridized carbons (Fsp3) is 0.286. The summed E-state index contributed by atoms with van der Waals surface area (Å²) in [5.74, 6) is -0.402. The number of hydrogen-bond donors (Lipinski definition) is 3. The number of piperazine rings is 1. The van der Waals surface area contributed by atoms with E-state index >= 15 is 0 Å². The highest BCUT2D eigenvalue weighted by molar-refractivity contribution is 7.80. The van der Waals surface area contributed by atoms with Gasteiger partial charge in [0, 0.05) is 31.2 Å². The van der Waals surface area contributed by atoms with Crippen molar-refractivity contribution in [3.05, 3.63) is 114 Å². The van der Waals surface area contributed by atoms with Crippen molar-refractivity contribution >= 4 is 45.6 Å². The van der Waals surface area contributed by atoms with Crippen LogP contribution in [-0.2, 0) is 40.4 Å². The second-order valence-corrected chi connectivity index (χ2v) is 12.8. The second kappa shape index (κ2) is 13.9. The van der Waals surface area contributed by atoms with Crippen molar-refractivity contribution in [3.8, 4) is 0 Å². The van der Waals surface area contributed by atoms with Gasteiger partial charge in [0.15, 0.2) is 0 Å². The number of hydrogen-bond acceptors (Lipinski definition) is 5. The normalized spacial score (nSPS) is 18.8. The molecule has 2 fully saturated rings. The first kappa shape index (κ1) is 32.2. The topological polar surface area (TPSA) is 126 Å². The number of fused-ring (bicyclic) bond motifs is 2. The lowest BCUT2D eigenvalue weighted by Gasteiger charge is -2.47. The molecule has 0 radical (unpaired) electrons. The van der Waals surface area contributed by atoms with Gasteiger partial charge in [-0.05, 0) is 53.4 Å². The summed E-state index contributed by atoms with van der Waals surface area (Å²) in [6.45, 7) is 4.68. The lowest BCUT2D eigenvalue weighted by Crippen LogP contribution is -2.66. The summed E-state index contributed by atoms with van der Waals surface area (Å²) >= 11 is -2.21. The van der Waals surface area contributed by atoms with Crippen molar-refractivity contribution in [3.63, 3.8) is 0 Å². The smallest absolute Gasteiger partial charge is 0.332 e. The van der Waals surface area contributed by atoms with E-state index in [0.717, 1.165) is 27.5 Å². The molecule has 6 rings (SSSR count). The molecule has 3 N–H and O–H groups in total. The van der Waals surface area contributed by atoms with Crippen molar-refractivity contribution < 1.29 is 23.1 Å². The molecule has 0 spiro atoms. The first-order chi connectivity index (χ1) is 22.7. The molecule has 4 amide bonds. The zero-order chi connectivity index (χ0) is 33.1. The summed E-state index contributed by atoms with van der Waals surface area (Å²) in [6, 6.07) is 29.2. The maximum Gasteiger partial charge on any atom is 0.332 e. The number of hydrazine groups is 1. The lowest BCUT2D eigenvalue weighted by molar-refractivity contribution is -0.158. The standard InChI is InChI=1S/C35H38N6O5S/c1-24(2)41(35(44)36-20-26-9-4-3-5-10-26)39-23-33(42)40-31(19-25-15-17-29(18-16-25)37-47(45)46)34(43)38(22-32(39)40)21-28-13-8-12-27-11-6-7-14-30(27)28/h3-18,24,31-32,37H,19-23H2,1-2H3,(H,36,44)(H,45,46)/t31-,32+/m0/s1. The Kier molecular flexibility index (Phi) is 9.53. The molecule has 11 nitrogen and oxygen atoms in total. The third-order valence-corrected chi connectivity index (χ3v) is 9.07. The summed E-state index contributed by atoms with van der Waals surface area (Å²) in [4.78, 5) is 45.2. The van der Waals surface area contributed by atoms with Crippen molar-refractivity contribution in [2.24, 2.45) is 0 Å². The van der Waals surface area contributed by atoms with E-state index in [4.69, 9.17) is 0 Å². The molecule has 4 aromatic carbocycles. The second-order valence-electron chi connectivity index (χ2n) is 12.1. The van der Waals surface area contributed by atoms with Gasteiger partial charge in [-0.15, -0.1) is 0 Å². The van der Waals surface area contributed by atoms with E-state index in [1.807, 2.05) is 86.6 Å². The molecule has 12 heteroatoms. The summed E-state index contributed by atoms with van der Waals surface area (Å²) in [5.41, 5.74) is 3.20. The zero-order valence-electron chi connectivity index (χ0n) is 26.3. The van der Waals surface area contributed by atoms with Crippen LogP contribution in [0.25, 0.3) is 10.8 Å². The molecule has 4 aromatic rings. The van der Waals surface area contributed by atoms with Gasteiger partial charge in [0.25, 0.3) is 11.3 Å². The molecule has 2 aliphatic heterocycles. The largest absolute Gasteiger partial charge is 0.333 e. The van der Waals surface area contributed by atoms with Crippen molar-refractivity contribution in [1.29, 1.82) is 0 Å². The summed E-state index contributed by atoms with van der Waals surface area (Å²) in [5, 5.41) is 8.53. The van der Waals surface area contributed by atoms with Gasteiger partial charge < -0.3 is 15.1 Å². The average Bonchev–Trinajstić information content (AvgIpc) is 3.37. The van der Waals surface area contributed by atoms with Crippen LogP contribution < -0.4 is 10.0 Å². The van der Waals surface area contributed by atoms with Crippen LogP contribution in [-0.4, -0.2) is 77.8 Å². The Bertz CT molecular complexity index is 1780.